The molecule has 16 heavy (non-hydrogen) atoms. The van der Waals surface area contributed by atoms with Crippen molar-refractivity contribution >= 4 is 11.3 Å². The maximum atomic E-state index is 4.52. The van der Waals surface area contributed by atoms with Gasteiger partial charge >= 0.3 is 0 Å². The van der Waals surface area contributed by atoms with Gasteiger partial charge < -0.3 is 5.32 Å². The van der Waals surface area contributed by atoms with E-state index in [0.717, 1.165) is 17.5 Å². The summed E-state index contributed by atoms with van der Waals surface area (Å²) in [6.07, 6.45) is 8.41. The van der Waals surface area contributed by atoms with Gasteiger partial charge in [-0.05, 0) is 45.6 Å². The number of nitrogens with one attached hydrogen (secondary N) is 1. The van der Waals surface area contributed by atoms with E-state index >= 15 is 0 Å². The molecule has 0 spiro atoms. The predicted molar refractivity (Wildman–Crippen MR) is 69.7 cm³/mol. The first-order valence-electron chi connectivity index (χ1n) is 6.06. The highest BCUT2D eigenvalue weighted by Gasteiger charge is 2.13. The standard InChI is InChI=1S/C13H20N2S/c1-10(13-9-16-11(2)15-13)14-8-12-6-4-3-5-7-12/h3-4,9-10,12,14H,5-8H2,1-2H3. The fraction of sp³-hybridized carbons (Fsp3) is 0.615. The largest absolute Gasteiger partial charge is 0.309 e. The lowest BCUT2D eigenvalue weighted by molar-refractivity contribution is 0.413. The van der Waals surface area contributed by atoms with Crippen LogP contribution in [0.3, 0.4) is 0 Å². The molecule has 2 unspecified atom stereocenters. The van der Waals surface area contributed by atoms with E-state index in [0.29, 0.717) is 6.04 Å². The Balaban J connectivity index is 1.79. The second-order valence-electron chi connectivity index (χ2n) is 4.57. The lowest BCUT2D eigenvalue weighted by Gasteiger charge is -2.20. The molecule has 0 amide bonds. The molecule has 2 atom stereocenters. The summed E-state index contributed by atoms with van der Waals surface area (Å²) in [7, 11) is 0. The molecule has 1 aliphatic carbocycles. The molecule has 0 aromatic carbocycles. The third-order valence-corrected chi connectivity index (χ3v) is 3.96. The number of rotatable bonds is 4. The number of aromatic nitrogens is 1. The van der Waals surface area contributed by atoms with Crippen LogP contribution in [0.15, 0.2) is 17.5 Å². The zero-order valence-corrected chi connectivity index (χ0v) is 10.9. The lowest BCUT2D eigenvalue weighted by Crippen LogP contribution is -2.26. The van der Waals surface area contributed by atoms with Crippen LogP contribution in [0.1, 0.15) is 42.9 Å². The summed E-state index contributed by atoms with van der Waals surface area (Å²) in [5.74, 6) is 0.812. The van der Waals surface area contributed by atoms with E-state index in [1.54, 1.807) is 11.3 Å². The highest BCUT2D eigenvalue weighted by atomic mass is 32.1. The van der Waals surface area contributed by atoms with Gasteiger partial charge in [0.25, 0.3) is 0 Å². The predicted octanol–water partition coefficient (Wildman–Crippen LogP) is 3.46. The number of hydrogen-bond acceptors (Lipinski definition) is 3. The van der Waals surface area contributed by atoms with Gasteiger partial charge in [0.05, 0.1) is 10.7 Å². The van der Waals surface area contributed by atoms with E-state index in [9.17, 15) is 0 Å². The molecule has 0 saturated heterocycles. The van der Waals surface area contributed by atoms with Crippen molar-refractivity contribution in [3.63, 3.8) is 0 Å². The Labute approximate surface area is 102 Å². The summed E-state index contributed by atoms with van der Waals surface area (Å²) >= 11 is 1.73. The maximum Gasteiger partial charge on any atom is 0.0898 e. The Morgan fingerprint density at radius 2 is 2.44 bits per heavy atom. The molecule has 3 heteroatoms. The minimum absolute atomic E-state index is 0.385. The molecule has 1 N–H and O–H groups in total. The van der Waals surface area contributed by atoms with Gasteiger partial charge in [-0.1, -0.05) is 12.2 Å². The molecule has 1 heterocycles. The quantitative estimate of drug-likeness (QED) is 0.810. The Morgan fingerprint density at radius 1 is 1.56 bits per heavy atom. The molecule has 0 bridgehead atoms. The van der Waals surface area contributed by atoms with Crippen molar-refractivity contribution in [1.82, 2.24) is 10.3 Å². The molecule has 0 fully saturated rings. The second-order valence-corrected chi connectivity index (χ2v) is 5.63. The fourth-order valence-corrected chi connectivity index (χ4v) is 2.78. The van der Waals surface area contributed by atoms with Gasteiger partial charge in [0.15, 0.2) is 0 Å². The van der Waals surface area contributed by atoms with E-state index in [2.05, 4.69) is 41.7 Å². The van der Waals surface area contributed by atoms with Gasteiger partial charge in [0, 0.05) is 11.4 Å². The van der Waals surface area contributed by atoms with Crippen molar-refractivity contribution in [2.45, 2.75) is 39.2 Å². The Morgan fingerprint density at radius 3 is 3.06 bits per heavy atom. The van der Waals surface area contributed by atoms with Crippen LogP contribution in [0.2, 0.25) is 0 Å². The van der Waals surface area contributed by atoms with Crippen molar-refractivity contribution in [3.05, 3.63) is 28.2 Å². The highest BCUT2D eigenvalue weighted by Crippen LogP contribution is 2.20. The zero-order chi connectivity index (χ0) is 11.4. The smallest absolute Gasteiger partial charge is 0.0898 e. The van der Waals surface area contributed by atoms with Crippen LogP contribution >= 0.6 is 11.3 Å². The van der Waals surface area contributed by atoms with E-state index in [4.69, 9.17) is 0 Å². The monoisotopic (exact) mass is 236 g/mol. The first-order valence-corrected chi connectivity index (χ1v) is 6.94. The summed E-state index contributed by atoms with van der Waals surface area (Å²) in [6, 6.07) is 0.385. The third kappa shape index (κ3) is 3.16. The van der Waals surface area contributed by atoms with Crippen LogP contribution in [0.25, 0.3) is 0 Å². The summed E-state index contributed by atoms with van der Waals surface area (Å²) in [4.78, 5) is 4.52. The molecule has 2 rings (SSSR count). The van der Waals surface area contributed by atoms with Gasteiger partial charge in [0.2, 0.25) is 0 Å². The average Bonchev–Trinajstić information content (AvgIpc) is 2.74. The molecule has 2 nitrogen and oxygen atoms in total. The fourth-order valence-electron chi connectivity index (χ4n) is 2.07. The summed E-state index contributed by atoms with van der Waals surface area (Å²) < 4.78 is 0. The Hall–Kier alpha value is -0.670. The van der Waals surface area contributed by atoms with Crippen molar-refractivity contribution in [2.75, 3.05) is 6.54 Å². The highest BCUT2D eigenvalue weighted by molar-refractivity contribution is 7.09. The Kier molecular flexibility index (Phi) is 4.13. The molecular weight excluding hydrogens is 216 g/mol. The van der Waals surface area contributed by atoms with Gasteiger partial charge in [-0.2, -0.15) is 0 Å². The third-order valence-electron chi connectivity index (χ3n) is 3.17. The summed E-state index contributed by atoms with van der Waals surface area (Å²) in [5.41, 5.74) is 1.19. The lowest BCUT2D eigenvalue weighted by atomic mass is 9.94. The summed E-state index contributed by atoms with van der Waals surface area (Å²) in [5, 5.41) is 6.91. The zero-order valence-electron chi connectivity index (χ0n) is 10.1. The topological polar surface area (TPSA) is 24.9 Å². The van der Waals surface area contributed by atoms with Gasteiger partial charge in [-0.3, -0.25) is 0 Å². The number of thiazole rings is 1. The van der Waals surface area contributed by atoms with Crippen molar-refractivity contribution in [1.29, 1.82) is 0 Å². The minimum atomic E-state index is 0.385. The molecule has 1 aliphatic rings. The maximum absolute atomic E-state index is 4.52. The minimum Gasteiger partial charge on any atom is -0.309 e. The first kappa shape index (κ1) is 11.8. The first-order chi connectivity index (χ1) is 7.75. The Bertz CT molecular complexity index is 357. The van der Waals surface area contributed by atoms with Crippen LogP contribution < -0.4 is 5.32 Å². The van der Waals surface area contributed by atoms with E-state index in [-0.39, 0.29) is 0 Å². The SMILES string of the molecule is Cc1nc(C(C)NCC2CC=CCC2)cs1. The van der Waals surface area contributed by atoms with Crippen LogP contribution in [0, 0.1) is 12.8 Å². The molecular formula is C13H20N2S. The van der Waals surface area contributed by atoms with Gasteiger partial charge in [0.1, 0.15) is 0 Å². The molecule has 0 radical (unpaired) electrons. The van der Waals surface area contributed by atoms with Crippen LogP contribution in [-0.4, -0.2) is 11.5 Å². The van der Waals surface area contributed by atoms with E-state index < -0.39 is 0 Å². The van der Waals surface area contributed by atoms with E-state index in [1.165, 1.54) is 25.0 Å². The van der Waals surface area contributed by atoms with Crippen LogP contribution in [0.4, 0.5) is 0 Å². The molecule has 0 aliphatic heterocycles. The average molecular weight is 236 g/mol. The molecule has 1 aromatic rings. The summed E-state index contributed by atoms with van der Waals surface area (Å²) in [6.45, 7) is 5.38. The number of allylic oxidation sites excluding steroid dienone is 2. The molecule has 88 valence electrons. The van der Waals surface area contributed by atoms with Gasteiger partial charge in [-0.25, -0.2) is 4.98 Å². The molecule has 0 saturated carbocycles. The van der Waals surface area contributed by atoms with Crippen molar-refractivity contribution in [2.24, 2.45) is 5.92 Å². The second kappa shape index (κ2) is 5.60. The normalized spacial score (nSPS) is 22.2. The van der Waals surface area contributed by atoms with Crippen molar-refractivity contribution in [3.8, 4) is 0 Å². The number of hydrogen-bond donors (Lipinski definition) is 1. The van der Waals surface area contributed by atoms with Crippen LogP contribution in [0.5, 0.6) is 0 Å². The van der Waals surface area contributed by atoms with Crippen molar-refractivity contribution < 1.29 is 0 Å². The van der Waals surface area contributed by atoms with E-state index in [1.807, 2.05) is 0 Å². The van der Waals surface area contributed by atoms with Crippen LogP contribution in [-0.2, 0) is 0 Å². The number of aryl methyl sites for hydroxylation is 1. The number of nitrogens with zero attached hydrogens (tertiary/aromatic N) is 1. The molecule has 1 aromatic heterocycles. The van der Waals surface area contributed by atoms with Gasteiger partial charge in [-0.15, -0.1) is 11.3 Å².